The minimum atomic E-state index is -0.143. The standard InChI is InChI=1S/C14H21NO2/c1-9(2)6-10-4-3-5-11(7-10)12-8-13(16)15-14(12)17/h9-10H,3-8H2,1-2H3,(H,15,16,17). The van der Waals surface area contributed by atoms with E-state index in [-0.39, 0.29) is 11.8 Å². The summed E-state index contributed by atoms with van der Waals surface area (Å²) in [6, 6.07) is 0. The molecule has 3 heteroatoms. The molecule has 17 heavy (non-hydrogen) atoms. The van der Waals surface area contributed by atoms with Crippen LogP contribution in [0.15, 0.2) is 11.1 Å². The van der Waals surface area contributed by atoms with Gasteiger partial charge >= 0.3 is 0 Å². The normalized spacial score (nSPS) is 29.9. The van der Waals surface area contributed by atoms with Gasteiger partial charge in [0, 0.05) is 5.57 Å². The third-order valence-electron chi connectivity index (χ3n) is 3.72. The molecular formula is C14H21NO2. The van der Waals surface area contributed by atoms with Gasteiger partial charge in [-0.2, -0.15) is 0 Å². The fraction of sp³-hybridized carbons (Fsp3) is 0.714. The number of carbonyl (C=O) groups excluding carboxylic acids is 2. The van der Waals surface area contributed by atoms with Gasteiger partial charge in [0.2, 0.25) is 5.91 Å². The van der Waals surface area contributed by atoms with Gasteiger partial charge in [0.15, 0.2) is 0 Å². The Morgan fingerprint density at radius 2 is 2.12 bits per heavy atom. The number of rotatable bonds is 2. The molecule has 94 valence electrons. The van der Waals surface area contributed by atoms with Gasteiger partial charge in [-0.25, -0.2) is 0 Å². The molecule has 2 aliphatic rings. The number of hydrogen-bond acceptors (Lipinski definition) is 2. The van der Waals surface area contributed by atoms with E-state index in [1.165, 1.54) is 18.4 Å². The Morgan fingerprint density at radius 1 is 1.35 bits per heavy atom. The summed E-state index contributed by atoms with van der Waals surface area (Å²) in [5, 5.41) is 2.38. The molecule has 1 saturated carbocycles. The second-order valence-electron chi connectivity index (χ2n) is 5.73. The first kappa shape index (κ1) is 12.3. The fourth-order valence-corrected chi connectivity index (χ4v) is 3.07. The van der Waals surface area contributed by atoms with Crippen molar-refractivity contribution in [3.63, 3.8) is 0 Å². The Kier molecular flexibility index (Phi) is 3.65. The molecule has 1 unspecified atom stereocenters. The van der Waals surface area contributed by atoms with Gasteiger partial charge in [0.1, 0.15) is 0 Å². The molecule has 1 N–H and O–H groups in total. The highest BCUT2D eigenvalue weighted by molar-refractivity contribution is 6.13. The highest BCUT2D eigenvalue weighted by Gasteiger charge is 2.29. The predicted molar refractivity (Wildman–Crippen MR) is 66.2 cm³/mol. The lowest BCUT2D eigenvalue weighted by molar-refractivity contribution is -0.124. The Hall–Kier alpha value is -1.12. The lowest BCUT2D eigenvalue weighted by atomic mass is 9.79. The molecule has 2 amide bonds. The molecule has 2 fully saturated rings. The number of amides is 2. The van der Waals surface area contributed by atoms with Crippen molar-refractivity contribution in [2.45, 2.75) is 52.4 Å². The number of imide groups is 1. The van der Waals surface area contributed by atoms with Crippen molar-refractivity contribution in [3.05, 3.63) is 11.1 Å². The molecule has 0 bridgehead atoms. The van der Waals surface area contributed by atoms with E-state index in [1.54, 1.807) is 0 Å². The maximum Gasteiger partial charge on any atom is 0.254 e. The lowest BCUT2D eigenvalue weighted by Crippen LogP contribution is -2.20. The molecule has 1 aliphatic heterocycles. The summed E-state index contributed by atoms with van der Waals surface area (Å²) < 4.78 is 0. The number of carbonyl (C=O) groups is 2. The highest BCUT2D eigenvalue weighted by atomic mass is 16.2. The molecule has 1 atom stereocenters. The Morgan fingerprint density at radius 3 is 2.71 bits per heavy atom. The van der Waals surface area contributed by atoms with Crippen molar-refractivity contribution >= 4 is 11.8 Å². The van der Waals surface area contributed by atoms with Crippen molar-refractivity contribution in [1.82, 2.24) is 5.32 Å². The molecule has 0 aromatic heterocycles. The second-order valence-corrected chi connectivity index (χ2v) is 5.73. The molecule has 1 saturated heterocycles. The smallest absolute Gasteiger partial charge is 0.254 e. The molecule has 2 rings (SSSR count). The van der Waals surface area contributed by atoms with Crippen LogP contribution in [0.1, 0.15) is 52.4 Å². The molecule has 1 heterocycles. The summed E-state index contributed by atoms with van der Waals surface area (Å²) in [5.74, 6) is 1.14. The summed E-state index contributed by atoms with van der Waals surface area (Å²) in [5.41, 5.74) is 2.01. The van der Waals surface area contributed by atoms with Crippen LogP contribution in [0.2, 0.25) is 0 Å². The van der Waals surface area contributed by atoms with Crippen LogP contribution < -0.4 is 5.32 Å². The van der Waals surface area contributed by atoms with Crippen molar-refractivity contribution in [2.24, 2.45) is 11.8 Å². The van der Waals surface area contributed by atoms with Gasteiger partial charge < -0.3 is 0 Å². The largest absolute Gasteiger partial charge is 0.292 e. The first-order valence-corrected chi connectivity index (χ1v) is 6.61. The van der Waals surface area contributed by atoms with Crippen LogP contribution in [0.25, 0.3) is 0 Å². The van der Waals surface area contributed by atoms with Crippen LogP contribution >= 0.6 is 0 Å². The molecule has 0 aromatic rings. The van der Waals surface area contributed by atoms with Gasteiger partial charge in [-0.3, -0.25) is 14.9 Å². The summed E-state index contributed by atoms with van der Waals surface area (Å²) in [4.78, 5) is 22.8. The van der Waals surface area contributed by atoms with Crippen LogP contribution in [0.3, 0.4) is 0 Å². The zero-order valence-corrected chi connectivity index (χ0v) is 10.7. The average Bonchev–Trinajstić information content (AvgIpc) is 2.57. The topological polar surface area (TPSA) is 46.2 Å². The summed E-state index contributed by atoms with van der Waals surface area (Å²) in [6.45, 7) is 4.49. The summed E-state index contributed by atoms with van der Waals surface area (Å²) in [7, 11) is 0. The SMILES string of the molecule is CC(C)CC1CCCC(=C2CC(=O)NC2=O)C1. The van der Waals surface area contributed by atoms with Gasteiger partial charge in [-0.05, 0) is 43.9 Å². The minimum Gasteiger partial charge on any atom is -0.292 e. The van der Waals surface area contributed by atoms with Gasteiger partial charge in [0.25, 0.3) is 5.91 Å². The number of nitrogens with one attached hydrogen (secondary N) is 1. The van der Waals surface area contributed by atoms with E-state index >= 15 is 0 Å². The van der Waals surface area contributed by atoms with Crippen LogP contribution in [-0.4, -0.2) is 11.8 Å². The molecule has 3 nitrogen and oxygen atoms in total. The highest BCUT2D eigenvalue weighted by Crippen LogP contribution is 2.35. The van der Waals surface area contributed by atoms with Gasteiger partial charge in [-0.15, -0.1) is 0 Å². The molecule has 0 radical (unpaired) electrons. The first-order chi connectivity index (χ1) is 8.06. The van der Waals surface area contributed by atoms with Crippen molar-refractivity contribution < 1.29 is 9.59 Å². The quantitative estimate of drug-likeness (QED) is 0.590. The Balaban J connectivity index is 2.08. The zero-order chi connectivity index (χ0) is 12.4. The van der Waals surface area contributed by atoms with E-state index < -0.39 is 0 Å². The van der Waals surface area contributed by atoms with Crippen molar-refractivity contribution in [3.8, 4) is 0 Å². The minimum absolute atomic E-state index is 0.136. The van der Waals surface area contributed by atoms with E-state index in [9.17, 15) is 9.59 Å². The summed E-state index contributed by atoms with van der Waals surface area (Å²) in [6.07, 6.45) is 6.00. The van der Waals surface area contributed by atoms with E-state index in [0.717, 1.165) is 24.8 Å². The van der Waals surface area contributed by atoms with E-state index in [1.807, 2.05) is 0 Å². The molecular weight excluding hydrogens is 214 g/mol. The molecule has 1 aliphatic carbocycles. The van der Waals surface area contributed by atoms with Crippen molar-refractivity contribution in [1.29, 1.82) is 0 Å². The van der Waals surface area contributed by atoms with Crippen LogP contribution in [-0.2, 0) is 9.59 Å². The second kappa shape index (κ2) is 5.03. The summed E-state index contributed by atoms with van der Waals surface area (Å²) >= 11 is 0. The van der Waals surface area contributed by atoms with Crippen LogP contribution in [0, 0.1) is 11.8 Å². The average molecular weight is 235 g/mol. The predicted octanol–water partition coefficient (Wildman–Crippen LogP) is 2.57. The monoisotopic (exact) mass is 235 g/mol. The zero-order valence-electron chi connectivity index (χ0n) is 10.7. The van der Waals surface area contributed by atoms with E-state index in [2.05, 4.69) is 19.2 Å². The third kappa shape index (κ3) is 2.96. The van der Waals surface area contributed by atoms with E-state index in [4.69, 9.17) is 0 Å². The first-order valence-electron chi connectivity index (χ1n) is 6.61. The fourth-order valence-electron chi connectivity index (χ4n) is 3.07. The maximum absolute atomic E-state index is 11.6. The molecule has 0 spiro atoms. The maximum atomic E-state index is 11.6. The van der Waals surface area contributed by atoms with Gasteiger partial charge in [0.05, 0.1) is 6.42 Å². The Bertz CT molecular complexity index is 368. The van der Waals surface area contributed by atoms with Gasteiger partial charge in [-0.1, -0.05) is 19.4 Å². The molecule has 0 aromatic carbocycles. The van der Waals surface area contributed by atoms with Crippen LogP contribution in [0.4, 0.5) is 0 Å². The van der Waals surface area contributed by atoms with Crippen LogP contribution in [0.5, 0.6) is 0 Å². The van der Waals surface area contributed by atoms with Crippen molar-refractivity contribution in [2.75, 3.05) is 0 Å². The number of allylic oxidation sites excluding steroid dienone is 1. The Labute approximate surface area is 103 Å². The lowest BCUT2D eigenvalue weighted by Gasteiger charge is -2.26. The number of hydrogen-bond donors (Lipinski definition) is 1. The third-order valence-corrected chi connectivity index (χ3v) is 3.72. The van der Waals surface area contributed by atoms with E-state index in [0.29, 0.717) is 18.3 Å².